The third kappa shape index (κ3) is 5.41. The predicted molar refractivity (Wildman–Crippen MR) is 139 cm³/mol. The van der Waals surface area contributed by atoms with Crippen LogP contribution >= 0.6 is 0 Å². The van der Waals surface area contributed by atoms with Crippen molar-refractivity contribution >= 4 is 25.7 Å². The Morgan fingerprint density at radius 1 is 0.816 bits per heavy atom. The number of aromatic nitrogens is 2. The lowest BCUT2D eigenvalue weighted by Crippen LogP contribution is -2.40. The van der Waals surface area contributed by atoms with Crippen LogP contribution < -0.4 is 9.46 Å². The van der Waals surface area contributed by atoms with E-state index >= 15 is 0 Å². The van der Waals surface area contributed by atoms with E-state index < -0.39 is 20.0 Å². The number of hydrogen-bond donors (Lipinski definition) is 1. The fraction of sp³-hybridized carbons (Fsp3) is 0.200. The van der Waals surface area contributed by atoms with Gasteiger partial charge in [-0.25, -0.2) is 16.8 Å². The Bertz CT molecular complexity index is 1660. The molecule has 1 aliphatic heterocycles. The molecular formula is C25H24N4O7S2. The van der Waals surface area contributed by atoms with Gasteiger partial charge in [-0.1, -0.05) is 18.2 Å². The zero-order chi connectivity index (χ0) is 26.8. The molecule has 3 aromatic carbocycles. The van der Waals surface area contributed by atoms with Crippen LogP contribution in [0.4, 0.5) is 5.69 Å². The van der Waals surface area contributed by atoms with Crippen LogP contribution in [-0.2, 0) is 24.8 Å². The number of benzene rings is 3. The summed E-state index contributed by atoms with van der Waals surface area (Å²) in [6.07, 6.45) is 0. The van der Waals surface area contributed by atoms with Crippen molar-refractivity contribution in [2.24, 2.45) is 0 Å². The minimum atomic E-state index is -3.92. The Kier molecular flexibility index (Phi) is 7.17. The molecule has 0 spiro atoms. The molecule has 198 valence electrons. The number of methoxy groups -OCH3 is 1. The molecule has 38 heavy (non-hydrogen) atoms. The van der Waals surface area contributed by atoms with Crippen LogP contribution in [0.3, 0.4) is 0 Å². The Morgan fingerprint density at radius 2 is 1.42 bits per heavy atom. The molecule has 4 aromatic rings. The van der Waals surface area contributed by atoms with Crippen molar-refractivity contribution in [1.82, 2.24) is 14.5 Å². The molecule has 5 rings (SSSR count). The first-order valence-corrected chi connectivity index (χ1v) is 14.5. The molecule has 0 atom stereocenters. The van der Waals surface area contributed by atoms with Crippen molar-refractivity contribution in [3.63, 3.8) is 0 Å². The second kappa shape index (κ2) is 10.5. The molecule has 0 aliphatic carbocycles. The lowest BCUT2D eigenvalue weighted by Gasteiger charge is -2.26. The van der Waals surface area contributed by atoms with Gasteiger partial charge in [0.05, 0.1) is 35.8 Å². The second-order valence-corrected chi connectivity index (χ2v) is 11.9. The van der Waals surface area contributed by atoms with Crippen molar-refractivity contribution in [2.45, 2.75) is 9.79 Å². The Balaban J connectivity index is 1.39. The number of morpholine rings is 1. The summed E-state index contributed by atoms with van der Waals surface area (Å²) in [5.41, 5.74) is 1.15. The minimum absolute atomic E-state index is 0.00354. The first-order valence-electron chi connectivity index (χ1n) is 11.6. The molecule has 1 saturated heterocycles. The van der Waals surface area contributed by atoms with E-state index in [1.165, 1.54) is 35.7 Å². The fourth-order valence-corrected chi connectivity index (χ4v) is 6.43. The molecule has 0 saturated carbocycles. The van der Waals surface area contributed by atoms with Gasteiger partial charge in [0.2, 0.25) is 21.8 Å². The largest absolute Gasteiger partial charge is 0.497 e. The maximum absolute atomic E-state index is 13.0. The van der Waals surface area contributed by atoms with Gasteiger partial charge in [0, 0.05) is 30.3 Å². The van der Waals surface area contributed by atoms with Crippen LogP contribution in [0.15, 0.2) is 87.0 Å². The first kappa shape index (κ1) is 25.9. The number of anilines is 1. The third-order valence-corrected chi connectivity index (χ3v) is 9.10. The lowest BCUT2D eigenvalue weighted by atomic mass is 10.2. The van der Waals surface area contributed by atoms with Crippen molar-refractivity contribution < 1.29 is 30.7 Å². The highest BCUT2D eigenvalue weighted by molar-refractivity contribution is 7.92. The first-order chi connectivity index (χ1) is 18.3. The highest BCUT2D eigenvalue weighted by atomic mass is 32.2. The van der Waals surface area contributed by atoms with Gasteiger partial charge in [-0.15, -0.1) is 10.2 Å². The number of ether oxygens (including phenoxy) is 2. The average Bonchev–Trinajstić information content (AvgIpc) is 3.44. The molecule has 1 fully saturated rings. The van der Waals surface area contributed by atoms with Gasteiger partial charge < -0.3 is 13.9 Å². The molecule has 1 aromatic heterocycles. The SMILES string of the molecule is COc1cccc(NS(=O)(=O)c2cccc(-c3nnc(-c4cccc(S(=O)(=O)N5CCOCC5)c4)o3)c2)c1. The number of rotatable bonds is 8. The van der Waals surface area contributed by atoms with Crippen LogP contribution in [0.5, 0.6) is 5.75 Å². The van der Waals surface area contributed by atoms with Crippen molar-refractivity contribution in [1.29, 1.82) is 0 Å². The molecule has 1 N–H and O–H groups in total. The summed E-state index contributed by atoms with van der Waals surface area (Å²) >= 11 is 0. The van der Waals surface area contributed by atoms with E-state index in [0.717, 1.165) is 0 Å². The molecule has 13 heteroatoms. The molecule has 1 aliphatic rings. The van der Waals surface area contributed by atoms with Crippen molar-refractivity contribution in [2.75, 3.05) is 38.1 Å². The smallest absolute Gasteiger partial charge is 0.261 e. The van der Waals surface area contributed by atoms with Crippen LogP contribution in [0, 0.1) is 0 Å². The van der Waals surface area contributed by atoms with E-state index in [-0.39, 0.29) is 34.7 Å². The van der Waals surface area contributed by atoms with Gasteiger partial charge in [-0.3, -0.25) is 4.72 Å². The Hall–Kier alpha value is -3.78. The van der Waals surface area contributed by atoms with E-state index in [4.69, 9.17) is 13.9 Å². The zero-order valence-electron chi connectivity index (χ0n) is 20.3. The third-order valence-electron chi connectivity index (χ3n) is 5.83. The Labute approximate surface area is 220 Å². The van der Waals surface area contributed by atoms with Gasteiger partial charge in [0.15, 0.2) is 0 Å². The molecular weight excluding hydrogens is 532 g/mol. The number of sulfonamides is 2. The highest BCUT2D eigenvalue weighted by Crippen LogP contribution is 2.29. The standard InChI is InChI=1S/C25H24N4O7S2/c1-34-21-8-4-7-20(17-21)28-37(30,31)22-9-2-5-18(15-22)24-26-27-25(36-24)19-6-3-10-23(16-19)38(32,33)29-11-13-35-14-12-29/h2-10,15-17,28H,11-14H2,1H3. The normalized spacial score (nSPS) is 14.8. The van der Waals surface area contributed by atoms with Gasteiger partial charge in [0.25, 0.3) is 10.0 Å². The van der Waals surface area contributed by atoms with E-state index in [1.54, 1.807) is 48.5 Å². The molecule has 0 amide bonds. The predicted octanol–water partition coefficient (Wildman–Crippen LogP) is 3.23. The summed E-state index contributed by atoms with van der Waals surface area (Å²) in [5, 5.41) is 8.10. The quantitative estimate of drug-likeness (QED) is 0.346. The zero-order valence-corrected chi connectivity index (χ0v) is 21.9. The second-order valence-electron chi connectivity index (χ2n) is 8.32. The molecule has 0 radical (unpaired) electrons. The summed E-state index contributed by atoms with van der Waals surface area (Å²) in [6.45, 7) is 1.25. The topological polar surface area (TPSA) is 141 Å². The van der Waals surface area contributed by atoms with Crippen molar-refractivity contribution in [3.8, 4) is 28.7 Å². The number of hydrogen-bond acceptors (Lipinski definition) is 9. The summed E-state index contributed by atoms with van der Waals surface area (Å²) in [6, 6.07) is 18.9. The fourth-order valence-electron chi connectivity index (χ4n) is 3.88. The van der Waals surface area contributed by atoms with Gasteiger partial charge in [0.1, 0.15) is 5.75 Å². The van der Waals surface area contributed by atoms with Gasteiger partial charge in [-0.05, 0) is 48.5 Å². The highest BCUT2D eigenvalue weighted by Gasteiger charge is 2.27. The summed E-state index contributed by atoms with van der Waals surface area (Å²) in [4.78, 5) is 0.101. The van der Waals surface area contributed by atoms with E-state index in [0.29, 0.717) is 35.8 Å². The van der Waals surface area contributed by atoms with E-state index in [2.05, 4.69) is 14.9 Å². The van der Waals surface area contributed by atoms with Gasteiger partial charge >= 0.3 is 0 Å². The van der Waals surface area contributed by atoms with E-state index in [9.17, 15) is 16.8 Å². The average molecular weight is 557 g/mol. The monoisotopic (exact) mass is 556 g/mol. The van der Waals surface area contributed by atoms with E-state index in [1.807, 2.05) is 0 Å². The Morgan fingerprint density at radius 3 is 2.08 bits per heavy atom. The number of nitrogens with zero attached hydrogens (tertiary/aromatic N) is 3. The summed E-state index contributed by atoms with van der Waals surface area (Å²) in [7, 11) is -6.14. The molecule has 0 unspecified atom stereocenters. The molecule has 11 nitrogen and oxygen atoms in total. The number of nitrogens with one attached hydrogen (secondary N) is 1. The molecule has 2 heterocycles. The van der Waals surface area contributed by atoms with Crippen LogP contribution in [0.2, 0.25) is 0 Å². The van der Waals surface area contributed by atoms with Gasteiger partial charge in [-0.2, -0.15) is 4.31 Å². The summed E-state index contributed by atoms with van der Waals surface area (Å²) in [5.74, 6) is 0.695. The summed E-state index contributed by atoms with van der Waals surface area (Å²) < 4.78 is 72.1. The van der Waals surface area contributed by atoms with Crippen LogP contribution in [-0.4, -0.2) is 64.8 Å². The van der Waals surface area contributed by atoms with Crippen LogP contribution in [0.25, 0.3) is 22.9 Å². The maximum atomic E-state index is 13.0. The van der Waals surface area contributed by atoms with Crippen LogP contribution in [0.1, 0.15) is 0 Å². The lowest BCUT2D eigenvalue weighted by molar-refractivity contribution is 0.0730. The van der Waals surface area contributed by atoms with Crippen molar-refractivity contribution in [3.05, 3.63) is 72.8 Å². The minimum Gasteiger partial charge on any atom is -0.497 e. The maximum Gasteiger partial charge on any atom is 0.261 e. The molecule has 0 bridgehead atoms.